The summed E-state index contributed by atoms with van der Waals surface area (Å²) in [5, 5.41) is 3.23. The Morgan fingerprint density at radius 1 is 1.33 bits per heavy atom. The Morgan fingerprint density at radius 3 is 2.83 bits per heavy atom. The number of H-pyrrole nitrogens is 1. The molecule has 0 spiro atoms. The number of amides is 1. The number of halogens is 1. The second-order valence-electron chi connectivity index (χ2n) is 5.79. The van der Waals surface area contributed by atoms with E-state index in [1.807, 2.05) is 0 Å². The van der Waals surface area contributed by atoms with E-state index in [9.17, 15) is 13.2 Å². The van der Waals surface area contributed by atoms with E-state index in [1.165, 1.54) is 4.31 Å². The Morgan fingerprint density at radius 2 is 2.08 bits per heavy atom. The van der Waals surface area contributed by atoms with Gasteiger partial charge in [0, 0.05) is 24.7 Å². The molecule has 0 saturated carbocycles. The Labute approximate surface area is 145 Å². The number of nitrogens with zero attached hydrogens (tertiary/aromatic N) is 2. The molecule has 2 aromatic rings. The molecule has 0 unspecified atom stereocenters. The van der Waals surface area contributed by atoms with Crippen LogP contribution in [0.5, 0.6) is 0 Å². The third-order valence-corrected chi connectivity index (χ3v) is 6.07. The summed E-state index contributed by atoms with van der Waals surface area (Å²) < 4.78 is 25.6. The third-order valence-electron chi connectivity index (χ3n) is 3.96. The van der Waals surface area contributed by atoms with Gasteiger partial charge in [0.05, 0.1) is 23.2 Å². The molecule has 1 saturated heterocycles. The van der Waals surface area contributed by atoms with Gasteiger partial charge in [-0.25, -0.2) is 17.7 Å². The minimum Gasteiger partial charge on any atom is -0.355 e. The van der Waals surface area contributed by atoms with E-state index in [0.717, 1.165) is 23.9 Å². The highest BCUT2D eigenvalue weighted by Gasteiger charge is 2.24. The van der Waals surface area contributed by atoms with E-state index in [4.69, 9.17) is 11.6 Å². The second-order valence-corrected chi connectivity index (χ2v) is 8.32. The highest BCUT2D eigenvalue weighted by Crippen LogP contribution is 2.17. The molecule has 1 fully saturated rings. The molecule has 1 amide bonds. The van der Waals surface area contributed by atoms with Crippen LogP contribution in [-0.4, -0.2) is 54.0 Å². The lowest BCUT2D eigenvalue weighted by molar-refractivity contribution is -0.120. The van der Waals surface area contributed by atoms with Gasteiger partial charge in [-0.2, -0.15) is 0 Å². The van der Waals surface area contributed by atoms with Crippen LogP contribution in [0.25, 0.3) is 11.0 Å². The van der Waals surface area contributed by atoms with Gasteiger partial charge in [0.25, 0.3) is 0 Å². The van der Waals surface area contributed by atoms with Gasteiger partial charge in [0.1, 0.15) is 5.82 Å². The van der Waals surface area contributed by atoms with Crippen molar-refractivity contribution in [3.63, 3.8) is 0 Å². The van der Waals surface area contributed by atoms with Crippen molar-refractivity contribution in [2.75, 3.05) is 25.4 Å². The quantitative estimate of drug-likeness (QED) is 0.801. The van der Waals surface area contributed by atoms with Crippen LogP contribution in [0, 0.1) is 0 Å². The first-order valence-corrected chi connectivity index (χ1v) is 9.81. The molecule has 0 radical (unpaired) electrons. The number of hydrogen-bond donors (Lipinski definition) is 2. The molecule has 3 rings (SSSR count). The lowest BCUT2D eigenvalue weighted by Gasteiger charge is -2.15. The summed E-state index contributed by atoms with van der Waals surface area (Å²) in [6, 6.07) is 5.25. The molecule has 0 aliphatic carbocycles. The number of carbonyl (C=O) groups is 1. The number of imidazole rings is 1. The normalized spacial score (nSPS) is 15.9. The summed E-state index contributed by atoms with van der Waals surface area (Å²) >= 11 is 5.91. The Balaban J connectivity index is 1.51. The molecular weight excluding hydrogens is 352 g/mol. The van der Waals surface area contributed by atoms with Crippen LogP contribution in [0.1, 0.15) is 18.7 Å². The van der Waals surface area contributed by atoms with Crippen LogP contribution in [0.15, 0.2) is 18.2 Å². The van der Waals surface area contributed by atoms with Crippen LogP contribution in [0.3, 0.4) is 0 Å². The third kappa shape index (κ3) is 4.06. The molecule has 0 bridgehead atoms. The number of hydrogen-bond acceptors (Lipinski definition) is 4. The lowest BCUT2D eigenvalue weighted by atomic mass is 10.3. The number of benzene rings is 1. The molecule has 130 valence electrons. The fraction of sp³-hybridized carbons (Fsp3) is 0.467. The molecule has 2 N–H and O–H groups in total. The van der Waals surface area contributed by atoms with Crippen molar-refractivity contribution < 1.29 is 13.2 Å². The van der Waals surface area contributed by atoms with Crippen LogP contribution in [0.2, 0.25) is 5.02 Å². The summed E-state index contributed by atoms with van der Waals surface area (Å²) in [7, 11) is -3.27. The van der Waals surface area contributed by atoms with Gasteiger partial charge in [0.2, 0.25) is 15.9 Å². The van der Waals surface area contributed by atoms with Gasteiger partial charge in [-0.1, -0.05) is 11.6 Å². The number of carbonyl (C=O) groups excluding carboxylic acids is 1. The number of rotatable bonds is 6. The van der Waals surface area contributed by atoms with E-state index in [-0.39, 0.29) is 24.6 Å². The number of nitrogens with one attached hydrogen (secondary N) is 2. The lowest BCUT2D eigenvalue weighted by Crippen LogP contribution is -2.36. The highest BCUT2D eigenvalue weighted by atomic mass is 35.5. The first-order chi connectivity index (χ1) is 11.4. The van der Waals surface area contributed by atoms with E-state index in [1.54, 1.807) is 18.2 Å². The van der Waals surface area contributed by atoms with Crippen LogP contribution < -0.4 is 5.32 Å². The van der Waals surface area contributed by atoms with Gasteiger partial charge >= 0.3 is 0 Å². The van der Waals surface area contributed by atoms with Crippen LogP contribution in [-0.2, 0) is 21.2 Å². The summed E-state index contributed by atoms with van der Waals surface area (Å²) in [5.74, 6) is 0.179. The maximum absolute atomic E-state index is 12.1. The molecule has 9 heteroatoms. The van der Waals surface area contributed by atoms with Gasteiger partial charge in [-0.3, -0.25) is 4.79 Å². The maximum Gasteiger partial charge on any atom is 0.227 e. The molecule has 1 aliphatic heterocycles. The van der Waals surface area contributed by atoms with E-state index < -0.39 is 10.0 Å². The van der Waals surface area contributed by atoms with E-state index >= 15 is 0 Å². The summed E-state index contributed by atoms with van der Waals surface area (Å²) in [4.78, 5) is 19.3. The molecular formula is C15H19ClN4O3S. The van der Waals surface area contributed by atoms with Crippen molar-refractivity contribution >= 4 is 38.6 Å². The number of aromatic amines is 1. The zero-order valence-corrected chi connectivity index (χ0v) is 14.7. The zero-order valence-electron chi connectivity index (χ0n) is 13.1. The minimum absolute atomic E-state index is 0.0655. The fourth-order valence-corrected chi connectivity index (χ4v) is 4.35. The summed E-state index contributed by atoms with van der Waals surface area (Å²) in [6.07, 6.45) is 1.87. The van der Waals surface area contributed by atoms with Crippen molar-refractivity contribution in [3.05, 3.63) is 29.0 Å². The molecule has 2 heterocycles. The van der Waals surface area contributed by atoms with E-state index in [0.29, 0.717) is 23.9 Å². The average Bonchev–Trinajstić information content (AvgIpc) is 3.15. The minimum atomic E-state index is -3.27. The number of sulfonamides is 1. The molecule has 1 aliphatic rings. The van der Waals surface area contributed by atoms with Crippen molar-refractivity contribution in [3.8, 4) is 0 Å². The van der Waals surface area contributed by atoms with Crippen LogP contribution in [0.4, 0.5) is 0 Å². The Hall–Kier alpha value is -1.64. The van der Waals surface area contributed by atoms with Gasteiger partial charge in [-0.05, 0) is 31.0 Å². The average molecular weight is 371 g/mol. The second kappa shape index (κ2) is 7.08. The van der Waals surface area contributed by atoms with Crippen molar-refractivity contribution in [2.45, 2.75) is 19.3 Å². The molecule has 24 heavy (non-hydrogen) atoms. The number of aromatic nitrogens is 2. The first-order valence-electron chi connectivity index (χ1n) is 7.83. The van der Waals surface area contributed by atoms with Crippen LogP contribution >= 0.6 is 11.6 Å². The predicted octanol–water partition coefficient (Wildman–Crippen LogP) is 1.30. The Bertz CT molecular complexity index is 844. The smallest absolute Gasteiger partial charge is 0.227 e. The molecule has 0 atom stereocenters. The molecule has 7 nitrogen and oxygen atoms in total. The monoisotopic (exact) mass is 370 g/mol. The highest BCUT2D eigenvalue weighted by molar-refractivity contribution is 7.89. The van der Waals surface area contributed by atoms with Crippen molar-refractivity contribution in [1.29, 1.82) is 0 Å². The number of fused-ring (bicyclic) bond motifs is 1. The van der Waals surface area contributed by atoms with Crippen molar-refractivity contribution in [1.82, 2.24) is 19.6 Å². The Kier molecular flexibility index (Phi) is 5.07. The van der Waals surface area contributed by atoms with Gasteiger partial charge in [0.15, 0.2) is 0 Å². The fourth-order valence-electron chi connectivity index (χ4n) is 2.75. The standard InChI is InChI=1S/C15H19ClN4O3S/c16-11-3-4-12-13(9-11)19-14(18-12)10-15(21)17-5-8-24(22,23)20-6-1-2-7-20/h3-4,9H,1-2,5-8,10H2,(H,17,21)(H,18,19). The predicted molar refractivity (Wildman–Crippen MR) is 92.4 cm³/mol. The van der Waals surface area contributed by atoms with Crippen molar-refractivity contribution in [2.24, 2.45) is 0 Å². The molecule has 1 aromatic carbocycles. The van der Waals surface area contributed by atoms with Gasteiger partial charge in [-0.15, -0.1) is 0 Å². The zero-order chi connectivity index (χ0) is 17.2. The summed E-state index contributed by atoms with van der Waals surface area (Å²) in [5.41, 5.74) is 1.50. The van der Waals surface area contributed by atoms with E-state index in [2.05, 4.69) is 15.3 Å². The molecule has 1 aromatic heterocycles. The van der Waals surface area contributed by atoms with Gasteiger partial charge < -0.3 is 10.3 Å². The topological polar surface area (TPSA) is 95.2 Å². The summed E-state index contributed by atoms with van der Waals surface area (Å²) in [6.45, 7) is 1.26. The first kappa shape index (κ1) is 17.2. The SMILES string of the molecule is O=C(Cc1nc2ccc(Cl)cc2[nH]1)NCCS(=O)(=O)N1CCCC1. The largest absolute Gasteiger partial charge is 0.355 e. The maximum atomic E-state index is 12.1.